The fourth-order valence-corrected chi connectivity index (χ4v) is 2.97. The third-order valence-electron chi connectivity index (χ3n) is 3.27. The van der Waals surface area contributed by atoms with Gasteiger partial charge in [0.05, 0.1) is 5.56 Å². The Morgan fingerprint density at radius 2 is 1.86 bits per heavy atom. The maximum Gasteiger partial charge on any atom is 0.153 e. The lowest BCUT2D eigenvalue weighted by atomic mass is 10.2. The molecule has 0 unspecified atom stereocenters. The highest BCUT2D eigenvalue weighted by atomic mass is 32.1. The lowest BCUT2D eigenvalue weighted by Crippen LogP contribution is -2.17. The molecule has 112 valence electrons. The second kappa shape index (κ2) is 6.11. The van der Waals surface area contributed by atoms with Crippen molar-refractivity contribution in [1.29, 1.82) is 0 Å². The molecule has 0 atom stereocenters. The van der Waals surface area contributed by atoms with Crippen LogP contribution in [-0.2, 0) is 6.42 Å². The molecule has 3 rings (SSSR count). The van der Waals surface area contributed by atoms with Crippen LogP contribution >= 0.6 is 11.3 Å². The molecule has 1 aliphatic carbocycles. The van der Waals surface area contributed by atoms with E-state index < -0.39 is 17.5 Å². The van der Waals surface area contributed by atoms with E-state index in [0.717, 1.165) is 29.3 Å². The molecule has 1 saturated carbocycles. The van der Waals surface area contributed by atoms with Crippen LogP contribution in [0.15, 0.2) is 12.1 Å². The molecule has 0 amide bonds. The summed E-state index contributed by atoms with van der Waals surface area (Å²) >= 11 is 1.14. The maximum absolute atomic E-state index is 13.7. The first kappa shape index (κ1) is 14.5. The molecule has 1 heterocycles. The predicted molar refractivity (Wildman–Crippen MR) is 74.6 cm³/mol. The van der Waals surface area contributed by atoms with E-state index in [9.17, 15) is 13.2 Å². The smallest absolute Gasteiger partial charge is 0.153 e. The zero-order chi connectivity index (χ0) is 14.8. The molecule has 0 bridgehead atoms. The van der Waals surface area contributed by atoms with E-state index >= 15 is 0 Å². The summed E-state index contributed by atoms with van der Waals surface area (Å²) in [4.78, 5) is 0. The van der Waals surface area contributed by atoms with Crippen molar-refractivity contribution < 1.29 is 13.2 Å². The Kier molecular flexibility index (Phi) is 4.21. The first-order chi connectivity index (χ1) is 10.1. The molecule has 3 nitrogen and oxygen atoms in total. The second-order valence-electron chi connectivity index (χ2n) is 5.08. The molecule has 1 aromatic carbocycles. The van der Waals surface area contributed by atoms with Crippen LogP contribution < -0.4 is 5.32 Å². The number of aromatic nitrogens is 2. The van der Waals surface area contributed by atoms with Gasteiger partial charge in [0.2, 0.25) is 0 Å². The molecular weight excluding hydrogens is 299 g/mol. The average Bonchev–Trinajstić information content (AvgIpc) is 3.13. The summed E-state index contributed by atoms with van der Waals surface area (Å²) in [5.41, 5.74) is -0.309. The number of nitrogens with one attached hydrogen (secondary N) is 1. The highest BCUT2D eigenvalue weighted by Gasteiger charge is 2.20. The summed E-state index contributed by atoms with van der Waals surface area (Å²) in [6, 6.07) is 1.97. The van der Waals surface area contributed by atoms with Crippen molar-refractivity contribution >= 4 is 11.3 Å². The molecule has 7 heteroatoms. The minimum Gasteiger partial charge on any atom is -0.314 e. The molecular formula is C14H14F3N3S. The highest BCUT2D eigenvalue weighted by Crippen LogP contribution is 2.29. The third kappa shape index (κ3) is 3.59. The van der Waals surface area contributed by atoms with Crippen molar-refractivity contribution in [2.45, 2.75) is 31.7 Å². The van der Waals surface area contributed by atoms with Crippen molar-refractivity contribution in [1.82, 2.24) is 15.5 Å². The van der Waals surface area contributed by atoms with Crippen molar-refractivity contribution in [3.05, 3.63) is 34.6 Å². The molecule has 0 aliphatic heterocycles. The summed E-state index contributed by atoms with van der Waals surface area (Å²) in [7, 11) is 0. The van der Waals surface area contributed by atoms with Gasteiger partial charge in [-0.1, -0.05) is 11.3 Å². The van der Waals surface area contributed by atoms with Gasteiger partial charge in [0.1, 0.15) is 22.5 Å². The number of benzene rings is 1. The Bertz CT molecular complexity index is 617. The Balaban J connectivity index is 1.66. The maximum atomic E-state index is 13.7. The Morgan fingerprint density at radius 3 is 2.52 bits per heavy atom. The van der Waals surface area contributed by atoms with Gasteiger partial charge in [0, 0.05) is 24.6 Å². The fourth-order valence-electron chi connectivity index (χ4n) is 2.04. The van der Waals surface area contributed by atoms with Gasteiger partial charge in [0.25, 0.3) is 0 Å². The first-order valence-electron chi connectivity index (χ1n) is 6.84. The van der Waals surface area contributed by atoms with E-state index in [4.69, 9.17) is 0 Å². The molecule has 0 saturated heterocycles. The van der Waals surface area contributed by atoms with Gasteiger partial charge >= 0.3 is 0 Å². The quantitative estimate of drug-likeness (QED) is 0.832. The standard InChI is InChI=1S/C14H14F3N3S/c15-8-6-10(16)13(11(17)7-8)14-20-19-12(21-14)2-1-5-18-9-3-4-9/h6-7,9,18H,1-5H2. The van der Waals surface area contributed by atoms with E-state index in [2.05, 4.69) is 15.5 Å². The number of aryl methyl sites for hydroxylation is 1. The summed E-state index contributed by atoms with van der Waals surface area (Å²) < 4.78 is 40.2. The second-order valence-corrected chi connectivity index (χ2v) is 6.14. The number of hydrogen-bond donors (Lipinski definition) is 1. The fraction of sp³-hybridized carbons (Fsp3) is 0.429. The molecule has 21 heavy (non-hydrogen) atoms. The van der Waals surface area contributed by atoms with Crippen LogP contribution in [0, 0.1) is 17.5 Å². The van der Waals surface area contributed by atoms with E-state index in [-0.39, 0.29) is 10.6 Å². The topological polar surface area (TPSA) is 37.8 Å². The molecule has 0 spiro atoms. The number of rotatable bonds is 6. The molecule has 1 fully saturated rings. The van der Waals surface area contributed by atoms with Crippen LogP contribution in [-0.4, -0.2) is 22.8 Å². The summed E-state index contributed by atoms with van der Waals surface area (Å²) in [6.07, 6.45) is 4.10. The number of nitrogens with zero attached hydrogens (tertiary/aromatic N) is 2. The summed E-state index contributed by atoms with van der Waals surface area (Å²) in [5.74, 6) is -2.85. The first-order valence-corrected chi connectivity index (χ1v) is 7.66. The molecule has 2 aromatic rings. The van der Waals surface area contributed by atoms with Gasteiger partial charge in [-0.3, -0.25) is 0 Å². The van der Waals surface area contributed by atoms with Crippen LogP contribution in [0.1, 0.15) is 24.3 Å². The van der Waals surface area contributed by atoms with Crippen LogP contribution in [0.5, 0.6) is 0 Å². The molecule has 0 radical (unpaired) electrons. The van der Waals surface area contributed by atoms with Gasteiger partial charge < -0.3 is 5.32 Å². The molecule has 1 aromatic heterocycles. The normalized spacial score (nSPS) is 14.6. The van der Waals surface area contributed by atoms with Crippen molar-refractivity contribution in [3.8, 4) is 10.6 Å². The van der Waals surface area contributed by atoms with E-state index in [0.29, 0.717) is 24.6 Å². The molecule has 1 N–H and O–H groups in total. The highest BCUT2D eigenvalue weighted by molar-refractivity contribution is 7.14. The van der Waals surface area contributed by atoms with E-state index in [1.807, 2.05) is 0 Å². The van der Waals surface area contributed by atoms with Crippen LogP contribution in [0.25, 0.3) is 10.6 Å². The monoisotopic (exact) mass is 313 g/mol. The number of halogens is 3. The van der Waals surface area contributed by atoms with Gasteiger partial charge in [-0.2, -0.15) is 0 Å². The van der Waals surface area contributed by atoms with Crippen LogP contribution in [0.4, 0.5) is 13.2 Å². The minimum absolute atomic E-state index is 0.148. The third-order valence-corrected chi connectivity index (χ3v) is 4.27. The predicted octanol–water partition coefficient (Wildman–Crippen LogP) is 3.31. The SMILES string of the molecule is Fc1cc(F)c(-c2nnc(CCCNC3CC3)s2)c(F)c1. The van der Waals surface area contributed by atoms with Gasteiger partial charge in [-0.25, -0.2) is 13.2 Å². The average molecular weight is 313 g/mol. The summed E-state index contributed by atoms with van der Waals surface area (Å²) in [5, 5.41) is 12.0. The Labute approximate surface area is 124 Å². The van der Waals surface area contributed by atoms with Gasteiger partial charge in [-0.05, 0) is 25.8 Å². The number of hydrogen-bond acceptors (Lipinski definition) is 4. The van der Waals surface area contributed by atoms with Gasteiger partial charge in [0.15, 0.2) is 5.01 Å². The van der Waals surface area contributed by atoms with Crippen molar-refractivity contribution in [2.75, 3.05) is 6.54 Å². The van der Waals surface area contributed by atoms with Crippen molar-refractivity contribution in [3.63, 3.8) is 0 Å². The van der Waals surface area contributed by atoms with Crippen LogP contribution in [0.2, 0.25) is 0 Å². The minimum atomic E-state index is -0.953. The lowest BCUT2D eigenvalue weighted by molar-refractivity contribution is 0.547. The zero-order valence-corrected chi connectivity index (χ0v) is 12.0. The Hall–Kier alpha value is -1.47. The molecule has 1 aliphatic rings. The van der Waals surface area contributed by atoms with Gasteiger partial charge in [-0.15, -0.1) is 10.2 Å². The zero-order valence-electron chi connectivity index (χ0n) is 11.2. The van der Waals surface area contributed by atoms with E-state index in [1.165, 1.54) is 12.8 Å². The summed E-state index contributed by atoms with van der Waals surface area (Å²) in [6.45, 7) is 0.902. The van der Waals surface area contributed by atoms with Crippen molar-refractivity contribution in [2.24, 2.45) is 0 Å². The lowest BCUT2D eigenvalue weighted by Gasteiger charge is -2.01. The van der Waals surface area contributed by atoms with E-state index in [1.54, 1.807) is 0 Å². The largest absolute Gasteiger partial charge is 0.314 e. The Morgan fingerprint density at radius 1 is 1.14 bits per heavy atom. The van der Waals surface area contributed by atoms with Crippen LogP contribution in [0.3, 0.4) is 0 Å².